The molecule has 0 saturated carbocycles. The third-order valence-electron chi connectivity index (χ3n) is 3.72. The van der Waals surface area contributed by atoms with Crippen molar-refractivity contribution in [2.24, 2.45) is 5.92 Å². The zero-order valence-corrected chi connectivity index (χ0v) is 12.1. The standard InChI is InChI=1S/C14H19ClN2O3/c1-16-12-3-2-10(15)6-11(12)14(20)17-5-4-9(8-18)13(19)7-17/h2-3,6,9,13,16,18-19H,4-5,7-8H2,1H3/t9-,13-/m1/s1. The number of aliphatic hydroxyl groups is 2. The van der Waals surface area contributed by atoms with Crippen LogP contribution in [0.1, 0.15) is 16.8 Å². The molecule has 2 rings (SSSR count). The average Bonchev–Trinajstić information content (AvgIpc) is 2.46. The summed E-state index contributed by atoms with van der Waals surface area (Å²) in [6.45, 7) is 0.707. The van der Waals surface area contributed by atoms with Crippen molar-refractivity contribution in [1.82, 2.24) is 4.90 Å². The molecule has 0 unspecified atom stereocenters. The summed E-state index contributed by atoms with van der Waals surface area (Å²) in [4.78, 5) is 14.1. The minimum Gasteiger partial charge on any atom is -0.396 e. The first-order valence-corrected chi connectivity index (χ1v) is 7.00. The van der Waals surface area contributed by atoms with E-state index in [-0.39, 0.29) is 25.0 Å². The zero-order chi connectivity index (χ0) is 14.7. The van der Waals surface area contributed by atoms with E-state index in [4.69, 9.17) is 16.7 Å². The second-order valence-electron chi connectivity index (χ2n) is 4.99. The summed E-state index contributed by atoms with van der Waals surface area (Å²) in [5.74, 6) is -0.311. The van der Waals surface area contributed by atoms with Crippen LogP contribution in [0, 0.1) is 5.92 Å². The Hall–Kier alpha value is -1.30. The first kappa shape index (κ1) is 15.1. The Bertz CT molecular complexity index is 495. The molecule has 1 aromatic carbocycles. The van der Waals surface area contributed by atoms with Crippen molar-refractivity contribution in [2.75, 3.05) is 32.1 Å². The average molecular weight is 299 g/mol. The van der Waals surface area contributed by atoms with Crippen molar-refractivity contribution in [3.05, 3.63) is 28.8 Å². The number of benzene rings is 1. The van der Waals surface area contributed by atoms with Gasteiger partial charge in [-0.15, -0.1) is 0 Å². The first-order chi connectivity index (χ1) is 9.56. The second kappa shape index (κ2) is 6.43. The fraction of sp³-hybridized carbons (Fsp3) is 0.500. The zero-order valence-electron chi connectivity index (χ0n) is 11.3. The summed E-state index contributed by atoms with van der Waals surface area (Å²) in [5.41, 5.74) is 1.20. The van der Waals surface area contributed by atoms with E-state index in [2.05, 4.69) is 5.32 Å². The van der Waals surface area contributed by atoms with Crippen molar-refractivity contribution < 1.29 is 15.0 Å². The number of anilines is 1. The number of nitrogens with zero attached hydrogens (tertiary/aromatic N) is 1. The molecule has 20 heavy (non-hydrogen) atoms. The predicted molar refractivity (Wildman–Crippen MR) is 78.1 cm³/mol. The van der Waals surface area contributed by atoms with E-state index in [1.54, 1.807) is 30.1 Å². The third kappa shape index (κ3) is 3.06. The van der Waals surface area contributed by atoms with Gasteiger partial charge < -0.3 is 20.4 Å². The van der Waals surface area contributed by atoms with E-state index < -0.39 is 6.10 Å². The number of hydrogen-bond donors (Lipinski definition) is 3. The lowest BCUT2D eigenvalue weighted by atomic mass is 9.94. The van der Waals surface area contributed by atoms with E-state index in [9.17, 15) is 9.90 Å². The Labute approximate surface area is 123 Å². The summed E-state index contributed by atoms with van der Waals surface area (Å²) in [6, 6.07) is 5.10. The third-order valence-corrected chi connectivity index (χ3v) is 3.96. The second-order valence-corrected chi connectivity index (χ2v) is 5.43. The molecule has 0 radical (unpaired) electrons. The van der Waals surface area contributed by atoms with Gasteiger partial charge in [-0.05, 0) is 24.6 Å². The van der Waals surface area contributed by atoms with Crippen molar-refractivity contribution >= 4 is 23.2 Å². The molecule has 2 atom stereocenters. The highest BCUT2D eigenvalue weighted by Gasteiger charge is 2.30. The highest BCUT2D eigenvalue weighted by molar-refractivity contribution is 6.31. The number of likely N-dealkylation sites (tertiary alicyclic amines) is 1. The number of carbonyl (C=O) groups excluding carboxylic acids is 1. The number of amides is 1. The molecule has 110 valence electrons. The van der Waals surface area contributed by atoms with Crippen molar-refractivity contribution in [1.29, 1.82) is 0 Å². The minimum absolute atomic E-state index is 0.0534. The van der Waals surface area contributed by atoms with Gasteiger partial charge in [0.25, 0.3) is 5.91 Å². The molecule has 1 aliphatic heterocycles. The number of rotatable bonds is 3. The molecule has 0 aliphatic carbocycles. The molecule has 1 saturated heterocycles. The largest absolute Gasteiger partial charge is 0.396 e. The maximum atomic E-state index is 12.5. The summed E-state index contributed by atoms with van der Waals surface area (Å²) < 4.78 is 0. The molecule has 1 fully saturated rings. The van der Waals surface area contributed by atoms with Crippen LogP contribution in [0.4, 0.5) is 5.69 Å². The molecule has 5 nitrogen and oxygen atoms in total. The molecule has 0 aromatic heterocycles. The van der Waals surface area contributed by atoms with E-state index in [0.717, 1.165) is 0 Å². The number of aliphatic hydroxyl groups excluding tert-OH is 2. The van der Waals surface area contributed by atoms with Crippen LogP contribution in [0.2, 0.25) is 5.02 Å². The number of nitrogens with one attached hydrogen (secondary N) is 1. The van der Waals surface area contributed by atoms with Gasteiger partial charge >= 0.3 is 0 Å². The molecule has 1 aliphatic rings. The Morgan fingerprint density at radius 2 is 2.30 bits per heavy atom. The Balaban J connectivity index is 2.18. The summed E-state index contributed by atoms with van der Waals surface area (Å²) in [5, 5.41) is 22.5. The molecule has 0 bridgehead atoms. The van der Waals surface area contributed by atoms with E-state index in [0.29, 0.717) is 29.2 Å². The maximum Gasteiger partial charge on any atom is 0.256 e. The Morgan fingerprint density at radius 1 is 1.55 bits per heavy atom. The number of piperidine rings is 1. The number of hydrogen-bond acceptors (Lipinski definition) is 4. The smallest absolute Gasteiger partial charge is 0.256 e. The van der Waals surface area contributed by atoms with Crippen molar-refractivity contribution in [3.8, 4) is 0 Å². The fourth-order valence-corrected chi connectivity index (χ4v) is 2.63. The maximum absolute atomic E-state index is 12.5. The molecular weight excluding hydrogens is 280 g/mol. The molecule has 1 amide bonds. The van der Waals surface area contributed by atoms with Crippen LogP contribution in [0.5, 0.6) is 0 Å². The highest BCUT2D eigenvalue weighted by Crippen LogP contribution is 2.25. The van der Waals surface area contributed by atoms with Gasteiger partial charge in [0, 0.05) is 43.4 Å². The van der Waals surface area contributed by atoms with Gasteiger partial charge in [0.15, 0.2) is 0 Å². The van der Waals surface area contributed by atoms with E-state index in [1.165, 1.54) is 0 Å². The lowest BCUT2D eigenvalue weighted by Gasteiger charge is -2.35. The van der Waals surface area contributed by atoms with Crippen LogP contribution in [0.25, 0.3) is 0 Å². The molecule has 6 heteroatoms. The number of β-amino-alcohol motifs (C(OH)–C–C–N with tert-alkyl or cyclic N) is 1. The van der Waals surface area contributed by atoms with E-state index in [1.807, 2.05) is 0 Å². The summed E-state index contributed by atoms with van der Waals surface area (Å²) in [6.07, 6.45) is -0.0892. The predicted octanol–water partition coefficient (Wildman–Crippen LogP) is 1.20. The lowest BCUT2D eigenvalue weighted by Crippen LogP contribution is -2.47. The number of halogens is 1. The highest BCUT2D eigenvalue weighted by atomic mass is 35.5. The van der Waals surface area contributed by atoms with Crippen molar-refractivity contribution in [3.63, 3.8) is 0 Å². The fourth-order valence-electron chi connectivity index (χ4n) is 2.46. The van der Waals surface area contributed by atoms with Crippen LogP contribution < -0.4 is 5.32 Å². The number of carbonyl (C=O) groups is 1. The normalized spacial score (nSPS) is 22.7. The Morgan fingerprint density at radius 3 is 2.90 bits per heavy atom. The first-order valence-electron chi connectivity index (χ1n) is 6.62. The Kier molecular flexibility index (Phi) is 4.86. The monoisotopic (exact) mass is 298 g/mol. The molecule has 3 N–H and O–H groups in total. The van der Waals surface area contributed by atoms with Crippen LogP contribution >= 0.6 is 11.6 Å². The lowest BCUT2D eigenvalue weighted by molar-refractivity contribution is 0.000912. The van der Waals surface area contributed by atoms with Crippen molar-refractivity contribution in [2.45, 2.75) is 12.5 Å². The van der Waals surface area contributed by atoms with Crippen LogP contribution in [-0.2, 0) is 0 Å². The summed E-state index contributed by atoms with van der Waals surface area (Å²) in [7, 11) is 1.74. The van der Waals surface area contributed by atoms with Crippen LogP contribution in [-0.4, -0.2) is 53.9 Å². The van der Waals surface area contributed by atoms with Gasteiger partial charge in [0.2, 0.25) is 0 Å². The van der Waals surface area contributed by atoms with Crippen LogP contribution in [0.3, 0.4) is 0 Å². The van der Waals surface area contributed by atoms with Gasteiger partial charge in [0.1, 0.15) is 0 Å². The minimum atomic E-state index is -0.685. The van der Waals surface area contributed by atoms with Gasteiger partial charge in [-0.3, -0.25) is 4.79 Å². The molecule has 1 aromatic rings. The van der Waals surface area contributed by atoms with Gasteiger partial charge in [-0.25, -0.2) is 0 Å². The SMILES string of the molecule is CNc1ccc(Cl)cc1C(=O)N1CC[C@H](CO)[C@H](O)C1. The topological polar surface area (TPSA) is 72.8 Å². The van der Waals surface area contributed by atoms with Crippen LogP contribution in [0.15, 0.2) is 18.2 Å². The van der Waals surface area contributed by atoms with Gasteiger partial charge in [0.05, 0.1) is 11.7 Å². The molecule has 0 spiro atoms. The van der Waals surface area contributed by atoms with E-state index >= 15 is 0 Å². The molecular formula is C14H19ClN2O3. The van der Waals surface area contributed by atoms with Gasteiger partial charge in [-0.1, -0.05) is 11.6 Å². The summed E-state index contributed by atoms with van der Waals surface area (Å²) >= 11 is 5.95. The molecule has 1 heterocycles. The quantitative estimate of drug-likeness (QED) is 0.784. The van der Waals surface area contributed by atoms with Gasteiger partial charge in [-0.2, -0.15) is 0 Å².